The molecule has 5 N–H and O–H groups in total. The molecule has 19 heavy (non-hydrogen) atoms. The molecule has 9 nitrogen and oxygen atoms in total. The Morgan fingerprint density at radius 1 is 1.42 bits per heavy atom. The Hall–Kier alpha value is -2.20. The van der Waals surface area contributed by atoms with E-state index in [9.17, 15) is 18.5 Å². The average molecular weight is 287 g/mol. The average Bonchev–Trinajstić information content (AvgIpc) is 2.34. The Morgan fingerprint density at radius 3 is 2.68 bits per heavy atom. The molecule has 0 fully saturated rings. The zero-order chi connectivity index (χ0) is 14.5. The fourth-order valence-corrected chi connectivity index (χ4v) is 2.27. The summed E-state index contributed by atoms with van der Waals surface area (Å²) in [5, 5.41) is 10.6. The molecule has 0 saturated carbocycles. The molecule has 0 bridgehead atoms. The molecule has 0 spiro atoms. The SMILES string of the molecule is NC(N)=NCCNS(=O)(=O)c1cccc([N+](=O)[O-])c1. The van der Waals surface area contributed by atoms with Crippen molar-refractivity contribution in [3.8, 4) is 0 Å². The van der Waals surface area contributed by atoms with Gasteiger partial charge in [-0.05, 0) is 6.07 Å². The molecule has 1 aromatic rings. The number of rotatable bonds is 6. The van der Waals surface area contributed by atoms with Gasteiger partial charge in [-0.2, -0.15) is 0 Å². The third-order valence-corrected chi connectivity index (χ3v) is 3.50. The molecule has 10 heteroatoms. The van der Waals surface area contributed by atoms with Crippen LogP contribution in [0.2, 0.25) is 0 Å². The van der Waals surface area contributed by atoms with Crippen molar-refractivity contribution >= 4 is 21.7 Å². The maximum Gasteiger partial charge on any atom is 0.270 e. The zero-order valence-corrected chi connectivity index (χ0v) is 10.6. The number of nitro benzene ring substituents is 1. The second-order valence-electron chi connectivity index (χ2n) is 3.46. The van der Waals surface area contributed by atoms with E-state index < -0.39 is 14.9 Å². The summed E-state index contributed by atoms with van der Waals surface area (Å²) in [7, 11) is -3.82. The molecular formula is C9H13N5O4S. The number of sulfonamides is 1. The van der Waals surface area contributed by atoms with Crippen molar-refractivity contribution < 1.29 is 13.3 Å². The number of non-ortho nitro benzene ring substituents is 1. The van der Waals surface area contributed by atoms with Crippen LogP contribution in [-0.2, 0) is 10.0 Å². The molecule has 0 aliphatic rings. The maximum absolute atomic E-state index is 11.8. The minimum absolute atomic E-state index is 0.0110. The van der Waals surface area contributed by atoms with Crippen molar-refractivity contribution in [1.82, 2.24) is 4.72 Å². The van der Waals surface area contributed by atoms with Crippen molar-refractivity contribution in [3.63, 3.8) is 0 Å². The predicted octanol–water partition coefficient (Wildman–Crippen LogP) is -0.853. The number of nitrogens with zero attached hydrogens (tertiary/aromatic N) is 2. The predicted molar refractivity (Wildman–Crippen MR) is 69.0 cm³/mol. The molecule has 0 aromatic heterocycles. The first-order chi connectivity index (χ1) is 8.83. The van der Waals surface area contributed by atoms with Crippen LogP contribution in [0.3, 0.4) is 0 Å². The molecule has 0 aliphatic carbocycles. The van der Waals surface area contributed by atoms with Crippen molar-refractivity contribution in [2.45, 2.75) is 4.90 Å². The van der Waals surface area contributed by atoms with Gasteiger partial charge in [0, 0.05) is 18.7 Å². The standard InChI is InChI=1S/C9H13N5O4S/c10-9(11)12-4-5-13-19(17,18)8-3-1-2-7(6-8)14(15)16/h1-3,6,13H,4-5H2,(H4,10,11,12). The summed E-state index contributed by atoms with van der Waals surface area (Å²) < 4.78 is 25.8. The molecule has 0 unspecified atom stereocenters. The largest absolute Gasteiger partial charge is 0.370 e. The summed E-state index contributed by atoms with van der Waals surface area (Å²) >= 11 is 0. The third kappa shape index (κ3) is 4.52. The van der Waals surface area contributed by atoms with Crippen LogP contribution in [0.4, 0.5) is 5.69 Å². The van der Waals surface area contributed by atoms with Crippen LogP contribution in [0, 0.1) is 10.1 Å². The summed E-state index contributed by atoms with van der Waals surface area (Å²) in [6.07, 6.45) is 0. The molecular weight excluding hydrogens is 274 g/mol. The minimum atomic E-state index is -3.82. The van der Waals surface area contributed by atoms with Gasteiger partial charge in [0.15, 0.2) is 5.96 Å². The minimum Gasteiger partial charge on any atom is -0.370 e. The summed E-state index contributed by atoms with van der Waals surface area (Å²) in [6, 6.07) is 4.74. The first-order valence-electron chi connectivity index (χ1n) is 5.12. The van der Waals surface area contributed by atoms with Gasteiger partial charge in [0.2, 0.25) is 10.0 Å². The first kappa shape index (κ1) is 14.9. The third-order valence-electron chi connectivity index (χ3n) is 2.04. The van der Waals surface area contributed by atoms with Crippen LogP contribution in [-0.4, -0.2) is 32.4 Å². The van der Waals surface area contributed by atoms with E-state index in [0.29, 0.717) is 0 Å². The molecule has 0 atom stereocenters. The van der Waals surface area contributed by atoms with Gasteiger partial charge in [-0.3, -0.25) is 15.1 Å². The molecule has 104 valence electrons. The van der Waals surface area contributed by atoms with Crippen LogP contribution in [0.1, 0.15) is 0 Å². The van der Waals surface area contributed by atoms with Gasteiger partial charge in [-0.1, -0.05) is 6.07 Å². The lowest BCUT2D eigenvalue weighted by molar-refractivity contribution is -0.385. The maximum atomic E-state index is 11.8. The highest BCUT2D eigenvalue weighted by Crippen LogP contribution is 2.16. The Morgan fingerprint density at radius 2 is 2.11 bits per heavy atom. The van der Waals surface area contributed by atoms with Gasteiger partial charge in [0.1, 0.15) is 0 Å². The number of benzene rings is 1. The Kier molecular flexibility index (Phi) is 4.78. The fraction of sp³-hybridized carbons (Fsp3) is 0.222. The molecule has 0 heterocycles. The van der Waals surface area contributed by atoms with E-state index in [0.717, 1.165) is 6.07 Å². The Bertz CT molecular complexity index is 594. The van der Waals surface area contributed by atoms with Gasteiger partial charge in [-0.25, -0.2) is 13.1 Å². The smallest absolute Gasteiger partial charge is 0.270 e. The Labute approximate surface area is 109 Å². The van der Waals surface area contributed by atoms with Crippen molar-refractivity contribution in [1.29, 1.82) is 0 Å². The van der Waals surface area contributed by atoms with Crippen LogP contribution >= 0.6 is 0 Å². The lowest BCUT2D eigenvalue weighted by Gasteiger charge is -2.05. The summed E-state index contributed by atoms with van der Waals surface area (Å²) in [6.45, 7) is 0.0689. The van der Waals surface area contributed by atoms with Gasteiger partial charge in [-0.15, -0.1) is 0 Å². The van der Waals surface area contributed by atoms with Gasteiger partial charge in [0.25, 0.3) is 5.69 Å². The van der Waals surface area contributed by atoms with E-state index in [1.807, 2.05) is 0 Å². The van der Waals surface area contributed by atoms with E-state index in [1.54, 1.807) is 0 Å². The number of hydrogen-bond donors (Lipinski definition) is 3. The van der Waals surface area contributed by atoms with Crippen LogP contribution in [0.25, 0.3) is 0 Å². The second kappa shape index (κ2) is 6.11. The van der Waals surface area contributed by atoms with E-state index in [4.69, 9.17) is 11.5 Å². The lowest BCUT2D eigenvalue weighted by Crippen LogP contribution is -2.28. The topological polar surface area (TPSA) is 154 Å². The monoisotopic (exact) mass is 287 g/mol. The van der Waals surface area contributed by atoms with Crippen molar-refractivity contribution in [2.24, 2.45) is 16.5 Å². The fourth-order valence-electron chi connectivity index (χ4n) is 1.21. The first-order valence-corrected chi connectivity index (χ1v) is 6.61. The molecule has 1 rings (SSSR count). The quantitative estimate of drug-likeness (QED) is 0.203. The van der Waals surface area contributed by atoms with E-state index in [1.165, 1.54) is 18.2 Å². The van der Waals surface area contributed by atoms with Crippen molar-refractivity contribution in [2.75, 3.05) is 13.1 Å². The zero-order valence-electron chi connectivity index (χ0n) is 9.81. The van der Waals surface area contributed by atoms with Crippen molar-refractivity contribution in [3.05, 3.63) is 34.4 Å². The molecule has 0 saturated heterocycles. The molecule has 0 amide bonds. The number of nitrogens with two attached hydrogens (primary N) is 2. The van der Waals surface area contributed by atoms with E-state index in [-0.39, 0.29) is 29.6 Å². The molecule has 0 aliphatic heterocycles. The summed E-state index contributed by atoms with van der Waals surface area (Å²) in [4.78, 5) is 13.3. The molecule has 1 aromatic carbocycles. The number of nitrogens with one attached hydrogen (secondary N) is 1. The highest BCUT2D eigenvalue weighted by Gasteiger charge is 2.16. The van der Waals surface area contributed by atoms with Crippen LogP contribution < -0.4 is 16.2 Å². The number of hydrogen-bond acceptors (Lipinski definition) is 5. The highest BCUT2D eigenvalue weighted by molar-refractivity contribution is 7.89. The Balaban J connectivity index is 2.80. The number of nitro groups is 1. The van der Waals surface area contributed by atoms with Gasteiger partial charge < -0.3 is 11.5 Å². The van der Waals surface area contributed by atoms with Crippen LogP contribution in [0.15, 0.2) is 34.2 Å². The highest BCUT2D eigenvalue weighted by atomic mass is 32.2. The van der Waals surface area contributed by atoms with Crippen LogP contribution in [0.5, 0.6) is 0 Å². The summed E-state index contributed by atoms with van der Waals surface area (Å²) in [5.74, 6) is -0.144. The van der Waals surface area contributed by atoms with E-state index >= 15 is 0 Å². The summed E-state index contributed by atoms with van der Waals surface area (Å²) in [5.41, 5.74) is 9.87. The van der Waals surface area contributed by atoms with Gasteiger partial charge >= 0.3 is 0 Å². The number of guanidine groups is 1. The lowest BCUT2D eigenvalue weighted by atomic mass is 10.3. The normalized spacial score (nSPS) is 10.9. The van der Waals surface area contributed by atoms with E-state index in [2.05, 4.69) is 9.71 Å². The second-order valence-corrected chi connectivity index (χ2v) is 5.23. The molecule has 0 radical (unpaired) electrons. The number of aliphatic imine (C=N–C) groups is 1. The van der Waals surface area contributed by atoms with Gasteiger partial charge in [0.05, 0.1) is 16.4 Å².